The minimum atomic E-state index is -0.780. The van der Waals surface area contributed by atoms with E-state index >= 15 is 0 Å². The number of carbonyl (C=O) groups is 3. The fourth-order valence-electron chi connectivity index (χ4n) is 3.48. The second-order valence-corrected chi connectivity index (χ2v) is 6.77. The smallest absolute Gasteiger partial charge is 0.303 e. The summed E-state index contributed by atoms with van der Waals surface area (Å²) in [5.41, 5.74) is 0. The summed E-state index contributed by atoms with van der Waals surface area (Å²) in [7, 11) is 0. The van der Waals surface area contributed by atoms with E-state index in [9.17, 15) is 14.4 Å². The molecule has 2 aliphatic heterocycles. The summed E-state index contributed by atoms with van der Waals surface area (Å²) in [4.78, 5) is 38.9. The molecule has 2 unspecified atom stereocenters. The summed E-state index contributed by atoms with van der Waals surface area (Å²) in [5.74, 6) is -0.609. The number of carboxylic acid groups (broad SMARTS) is 1. The van der Waals surface area contributed by atoms with Gasteiger partial charge >= 0.3 is 5.97 Å². The molecule has 124 valence electrons. The van der Waals surface area contributed by atoms with Gasteiger partial charge in [0, 0.05) is 38.5 Å². The minimum Gasteiger partial charge on any atom is -0.481 e. The average molecular weight is 310 g/mol. The molecule has 0 saturated carbocycles. The second-order valence-electron chi connectivity index (χ2n) is 6.77. The number of hydrogen-bond acceptors (Lipinski definition) is 3. The zero-order valence-electron chi connectivity index (χ0n) is 13.5. The van der Waals surface area contributed by atoms with Crippen LogP contribution in [0.4, 0.5) is 0 Å². The Morgan fingerprint density at radius 3 is 2.64 bits per heavy atom. The number of hydrogen-bond donors (Lipinski definition) is 1. The molecule has 2 aliphatic rings. The van der Waals surface area contributed by atoms with Gasteiger partial charge < -0.3 is 14.9 Å². The molecule has 2 amide bonds. The van der Waals surface area contributed by atoms with Gasteiger partial charge in [0.25, 0.3) is 0 Å². The first-order valence-corrected chi connectivity index (χ1v) is 8.18. The lowest BCUT2D eigenvalue weighted by Gasteiger charge is -2.34. The predicted molar refractivity (Wildman–Crippen MR) is 81.1 cm³/mol. The van der Waals surface area contributed by atoms with Crippen LogP contribution in [-0.2, 0) is 14.4 Å². The van der Waals surface area contributed by atoms with Gasteiger partial charge in [0.1, 0.15) is 0 Å². The summed E-state index contributed by atoms with van der Waals surface area (Å²) in [6.45, 7) is 5.82. The number of piperidine rings is 1. The van der Waals surface area contributed by atoms with Crippen molar-refractivity contribution in [3.05, 3.63) is 0 Å². The van der Waals surface area contributed by atoms with Gasteiger partial charge in [-0.15, -0.1) is 0 Å². The third kappa shape index (κ3) is 3.99. The Labute approximate surface area is 131 Å². The van der Waals surface area contributed by atoms with Crippen LogP contribution in [-0.4, -0.2) is 58.4 Å². The Bertz CT molecular complexity index is 449. The first-order chi connectivity index (χ1) is 10.4. The van der Waals surface area contributed by atoms with Gasteiger partial charge in [-0.2, -0.15) is 0 Å². The van der Waals surface area contributed by atoms with Crippen molar-refractivity contribution in [3.8, 4) is 0 Å². The molecular formula is C16H26N2O4. The van der Waals surface area contributed by atoms with E-state index in [0.717, 1.165) is 19.4 Å². The number of amides is 2. The van der Waals surface area contributed by atoms with Gasteiger partial charge in [0.15, 0.2) is 0 Å². The molecule has 2 fully saturated rings. The molecule has 0 aromatic rings. The Balaban J connectivity index is 1.89. The van der Waals surface area contributed by atoms with Crippen molar-refractivity contribution in [1.82, 2.24) is 9.80 Å². The molecule has 2 heterocycles. The molecule has 0 spiro atoms. The van der Waals surface area contributed by atoms with Crippen molar-refractivity contribution in [1.29, 1.82) is 0 Å². The number of carbonyl (C=O) groups excluding carboxylic acids is 2. The minimum absolute atomic E-state index is 0.0628. The third-order valence-corrected chi connectivity index (χ3v) is 4.73. The molecule has 0 radical (unpaired) electrons. The van der Waals surface area contributed by atoms with E-state index in [1.54, 1.807) is 4.90 Å². The third-order valence-electron chi connectivity index (χ3n) is 4.73. The molecule has 1 N–H and O–H groups in total. The number of rotatable bonds is 5. The van der Waals surface area contributed by atoms with Crippen LogP contribution < -0.4 is 0 Å². The van der Waals surface area contributed by atoms with Gasteiger partial charge in [-0.1, -0.05) is 0 Å². The molecular weight excluding hydrogens is 284 g/mol. The Hall–Kier alpha value is -1.59. The monoisotopic (exact) mass is 310 g/mol. The number of likely N-dealkylation sites (tertiary alicyclic amines) is 2. The Morgan fingerprint density at radius 1 is 1.32 bits per heavy atom. The van der Waals surface area contributed by atoms with Gasteiger partial charge in [0.05, 0.1) is 5.92 Å². The predicted octanol–water partition coefficient (Wildman–Crippen LogP) is 1.35. The van der Waals surface area contributed by atoms with Crippen LogP contribution in [0, 0.1) is 11.8 Å². The van der Waals surface area contributed by atoms with Crippen LogP contribution >= 0.6 is 0 Å². The fraction of sp³-hybridized carbons (Fsp3) is 0.812. The highest BCUT2D eigenvalue weighted by atomic mass is 16.4. The van der Waals surface area contributed by atoms with Crippen LogP contribution in [0.1, 0.15) is 46.0 Å². The average Bonchev–Trinajstić information content (AvgIpc) is 2.87. The van der Waals surface area contributed by atoms with Crippen molar-refractivity contribution in [3.63, 3.8) is 0 Å². The maximum Gasteiger partial charge on any atom is 0.303 e. The maximum absolute atomic E-state index is 12.6. The van der Waals surface area contributed by atoms with Crippen LogP contribution in [0.5, 0.6) is 0 Å². The van der Waals surface area contributed by atoms with E-state index in [2.05, 4.69) is 0 Å². The van der Waals surface area contributed by atoms with Crippen molar-refractivity contribution in [2.45, 2.75) is 52.0 Å². The van der Waals surface area contributed by atoms with E-state index in [1.165, 1.54) is 0 Å². The normalized spacial score (nSPS) is 25.9. The van der Waals surface area contributed by atoms with E-state index < -0.39 is 5.97 Å². The quantitative estimate of drug-likeness (QED) is 0.831. The van der Waals surface area contributed by atoms with Crippen molar-refractivity contribution >= 4 is 17.8 Å². The molecule has 2 atom stereocenters. The number of aliphatic carboxylic acids is 1. The van der Waals surface area contributed by atoms with E-state index in [-0.39, 0.29) is 36.1 Å². The highest BCUT2D eigenvalue weighted by molar-refractivity contribution is 5.89. The summed E-state index contributed by atoms with van der Waals surface area (Å²) < 4.78 is 0. The summed E-state index contributed by atoms with van der Waals surface area (Å²) in [6.07, 6.45) is 3.01. The standard InChI is InChI=1S/C16H26N2O4/c1-11(2)18-10-13(8-14(18)19)16(22)17-7-3-4-12(9-17)5-6-15(20)21/h11-13H,3-10H2,1-2H3,(H,20,21). The SMILES string of the molecule is CC(C)N1CC(C(=O)N2CCCC(CCC(=O)O)C2)CC1=O. The second kappa shape index (κ2) is 7.11. The van der Waals surface area contributed by atoms with Gasteiger partial charge in [0.2, 0.25) is 11.8 Å². The van der Waals surface area contributed by atoms with Crippen LogP contribution in [0.2, 0.25) is 0 Å². The lowest BCUT2D eigenvalue weighted by Crippen LogP contribution is -2.44. The highest BCUT2D eigenvalue weighted by Gasteiger charge is 2.38. The molecule has 0 aromatic carbocycles. The molecule has 0 bridgehead atoms. The maximum atomic E-state index is 12.6. The first-order valence-electron chi connectivity index (χ1n) is 8.18. The molecule has 6 heteroatoms. The molecule has 22 heavy (non-hydrogen) atoms. The van der Waals surface area contributed by atoms with Gasteiger partial charge in [-0.3, -0.25) is 14.4 Å². The van der Waals surface area contributed by atoms with E-state index in [1.807, 2.05) is 18.7 Å². The first kappa shape index (κ1) is 16.8. The molecule has 6 nitrogen and oxygen atoms in total. The molecule has 2 saturated heterocycles. The molecule has 2 rings (SSSR count). The van der Waals surface area contributed by atoms with Crippen LogP contribution in [0.3, 0.4) is 0 Å². The molecule has 0 aliphatic carbocycles. The van der Waals surface area contributed by atoms with Crippen LogP contribution in [0.15, 0.2) is 0 Å². The Kier molecular flexibility index (Phi) is 5.42. The fourth-order valence-corrected chi connectivity index (χ4v) is 3.48. The van der Waals surface area contributed by atoms with Gasteiger partial charge in [-0.25, -0.2) is 0 Å². The highest BCUT2D eigenvalue weighted by Crippen LogP contribution is 2.26. The lowest BCUT2D eigenvalue weighted by atomic mass is 9.92. The largest absolute Gasteiger partial charge is 0.481 e. The zero-order valence-corrected chi connectivity index (χ0v) is 13.5. The summed E-state index contributed by atoms with van der Waals surface area (Å²) in [6, 6.07) is 0.134. The van der Waals surface area contributed by atoms with E-state index in [0.29, 0.717) is 25.9 Å². The zero-order chi connectivity index (χ0) is 16.3. The lowest BCUT2D eigenvalue weighted by molar-refractivity contribution is -0.138. The van der Waals surface area contributed by atoms with Crippen LogP contribution in [0.25, 0.3) is 0 Å². The van der Waals surface area contributed by atoms with Crippen molar-refractivity contribution in [2.24, 2.45) is 11.8 Å². The van der Waals surface area contributed by atoms with E-state index in [4.69, 9.17) is 5.11 Å². The topological polar surface area (TPSA) is 77.9 Å². The number of nitrogens with zero attached hydrogens (tertiary/aromatic N) is 2. The van der Waals surface area contributed by atoms with Crippen molar-refractivity contribution in [2.75, 3.05) is 19.6 Å². The van der Waals surface area contributed by atoms with Gasteiger partial charge in [-0.05, 0) is 39.0 Å². The number of carboxylic acids is 1. The van der Waals surface area contributed by atoms with Crippen molar-refractivity contribution < 1.29 is 19.5 Å². The Morgan fingerprint density at radius 2 is 2.05 bits per heavy atom. The summed E-state index contributed by atoms with van der Waals surface area (Å²) >= 11 is 0. The summed E-state index contributed by atoms with van der Waals surface area (Å²) in [5, 5.41) is 8.78. The molecule has 0 aromatic heterocycles.